The Labute approximate surface area is 155 Å². The van der Waals surface area contributed by atoms with E-state index in [1.165, 1.54) is 11.3 Å². The number of fused-ring (bicyclic) bond motifs is 1. The van der Waals surface area contributed by atoms with Gasteiger partial charge in [0.2, 0.25) is 0 Å². The monoisotopic (exact) mass is 424 g/mol. The van der Waals surface area contributed by atoms with Crippen molar-refractivity contribution in [1.29, 1.82) is 0 Å². The highest BCUT2D eigenvalue weighted by molar-refractivity contribution is 5.63. The zero-order valence-corrected chi connectivity index (χ0v) is 16.3. The second kappa shape index (κ2) is 6.95. The third-order valence-electron chi connectivity index (χ3n) is 4.70. The van der Waals surface area contributed by atoms with E-state index in [0.29, 0.717) is 12.0 Å². The minimum atomic E-state index is 0. The predicted octanol–water partition coefficient (Wildman–Crippen LogP) is 0.135. The summed E-state index contributed by atoms with van der Waals surface area (Å²) < 4.78 is 1.99. The van der Waals surface area contributed by atoms with Crippen molar-refractivity contribution in [3.63, 3.8) is 0 Å². The number of aromatic nitrogens is 1. The zero-order valence-electron chi connectivity index (χ0n) is 14.2. The number of nitrogens with zero attached hydrogens (tertiary/aromatic N) is 2. The van der Waals surface area contributed by atoms with Gasteiger partial charge in [-0.3, -0.25) is 16.2 Å². The van der Waals surface area contributed by atoms with Crippen LogP contribution in [0.15, 0.2) is 36.4 Å². The molecule has 3 rings (SSSR count). The van der Waals surface area contributed by atoms with Gasteiger partial charge in [-0.2, -0.15) is 0 Å². The predicted molar refractivity (Wildman–Crippen MR) is 91.8 cm³/mol. The first-order valence-electron chi connectivity index (χ1n) is 7.88. The van der Waals surface area contributed by atoms with E-state index < -0.39 is 0 Å². The maximum Gasteiger partial charge on any atom is 0.274 e. The molecule has 23 heavy (non-hydrogen) atoms. The first-order valence-corrected chi connectivity index (χ1v) is 7.88. The quantitative estimate of drug-likeness (QED) is 0.533. The second-order valence-corrected chi connectivity index (χ2v) is 6.40. The van der Waals surface area contributed by atoms with Crippen molar-refractivity contribution in [2.24, 2.45) is 7.05 Å². The van der Waals surface area contributed by atoms with Gasteiger partial charge < -0.3 is 24.0 Å². The molecule has 1 aromatic heterocycles. The van der Waals surface area contributed by atoms with Crippen LogP contribution in [0, 0.1) is 6.92 Å². The fourth-order valence-electron chi connectivity index (χ4n) is 3.30. The van der Waals surface area contributed by atoms with E-state index in [4.69, 9.17) is 5.73 Å². The summed E-state index contributed by atoms with van der Waals surface area (Å²) in [4.78, 5) is 0. The van der Waals surface area contributed by atoms with E-state index in [1.807, 2.05) is 17.7 Å². The van der Waals surface area contributed by atoms with Crippen LogP contribution in [-0.4, -0.2) is 6.04 Å². The van der Waals surface area contributed by atoms with E-state index in [9.17, 15) is 0 Å². The SMILES string of the molecule is Cc1cc(NN2c3ccccc3C(C)CC2C)cc(N)[n+]1C.[I-]. The number of aryl methyl sites for hydroxylation is 1. The molecule has 2 heterocycles. The van der Waals surface area contributed by atoms with Crippen molar-refractivity contribution in [3.8, 4) is 0 Å². The van der Waals surface area contributed by atoms with Crippen molar-refractivity contribution < 1.29 is 28.5 Å². The van der Waals surface area contributed by atoms with Crippen molar-refractivity contribution in [2.75, 3.05) is 16.2 Å². The van der Waals surface area contributed by atoms with E-state index in [2.05, 4.69) is 61.5 Å². The van der Waals surface area contributed by atoms with Gasteiger partial charge in [-0.25, -0.2) is 4.57 Å². The molecule has 4 nitrogen and oxygen atoms in total. The number of benzene rings is 1. The smallest absolute Gasteiger partial charge is 0.274 e. The number of nitrogen functional groups attached to an aromatic ring is 1. The maximum absolute atomic E-state index is 6.08. The molecule has 0 aliphatic carbocycles. The maximum atomic E-state index is 6.08. The van der Waals surface area contributed by atoms with Crippen molar-refractivity contribution in [3.05, 3.63) is 47.7 Å². The van der Waals surface area contributed by atoms with E-state index in [-0.39, 0.29) is 24.0 Å². The van der Waals surface area contributed by atoms with Crippen LogP contribution < -0.4 is 44.7 Å². The molecule has 0 saturated carbocycles. The van der Waals surface area contributed by atoms with Crippen molar-refractivity contribution >= 4 is 17.2 Å². The van der Waals surface area contributed by atoms with Gasteiger partial charge in [0.25, 0.3) is 5.82 Å². The van der Waals surface area contributed by atoms with Crippen LogP contribution in [0.2, 0.25) is 0 Å². The highest BCUT2D eigenvalue weighted by Crippen LogP contribution is 2.37. The van der Waals surface area contributed by atoms with Crippen LogP contribution in [0.3, 0.4) is 0 Å². The lowest BCUT2D eigenvalue weighted by atomic mass is 9.88. The Morgan fingerprint density at radius 1 is 1.22 bits per heavy atom. The molecule has 1 aliphatic rings. The van der Waals surface area contributed by atoms with Gasteiger partial charge in [-0.05, 0) is 37.8 Å². The number of hydrazine groups is 1. The molecule has 0 spiro atoms. The number of hydrogen-bond acceptors (Lipinski definition) is 3. The minimum Gasteiger partial charge on any atom is -1.00 e. The Hall–Kier alpha value is -1.50. The molecule has 2 unspecified atom stereocenters. The lowest BCUT2D eigenvalue weighted by Gasteiger charge is -2.40. The van der Waals surface area contributed by atoms with Gasteiger partial charge in [0.05, 0.1) is 24.5 Å². The number of nitrogens with one attached hydrogen (secondary N) is 1. The summed E-state index contributed by atoms with van der Waals surface area (Å²) in [6.07, 6.45) is 1.14. The standard InChI is InChI=1S/C18H24N4.HI/c1-12-9-14(3)22(17-8-6-5-7-16(12)17)20-15-10-13(2)21(4)18(19)11-15;/h5-8,10-12,14H,9H2,1-4H3,(H2,19,20);1H. The van der Waals surface area contributed by atoms with Gasteiger partial charge in [0.1, 0.15) is 5.69 Å². The third kappa shape index (κ3) is 3.39. The molecule has 2 atom stereocenters. The van der Waals surface area contributed by atoms with Crippen LogP contribution in [0.4, 0.5) is 17.2 Å². The molecule has 0 saturated heterocycles. The lowest BCUT2D eigenvalue weighted by molar-refractivity contribution is -0.663. The average molecular weight is 424 g/mol. The Morgan fingerprint density at radius 2 is 1.91 bits per heavy atom. The number of nitrogens with two attached hydrogens (primary N) is 1. The summed E-state index contributed by atoms with van der Waals surface area (Å²) in [6, 6.07) is 13.2. The molecule has 0 radical (unpaired) electrons. The van der Waals surface area contributed by atoms with Crippen molar-refractivity contribution in [1.82, 2.24) is 0 Å². The van der Waals surface area contributed by atoms with Crippen LogP contribution in [0.1, 0.15) is 37.4 Å². The average Bonchev–Trinajstić information content (AvgIpc) is 2.49. The fourth-order valence-corrected chi connectivity index (χ4v) is 3.30. The van der Waals surface area contributed by atoms with Gasteiger partial charge in [0.15, 0.2) is 0 Å². The zero-order chi connectivity index (χ0) is 15.9. The van der Waals surface area contributed by atoms with Gasteiger partial charge >= 0.3 is 0 Å². The Bertz CT molecular complexity index is 678. The number of pyridine rings is 1. The summed E-state index contributed by atoms with van der Waals surface area (Å²) >= 11 is 0. The number of anilines is 3. The molecule has 2 aromatic rings. The minimum absolute atomic E-state index is 0. The molecule has 5 heteroatoms. The summed E-state index contributed by atoms with van der Waals surface area (Å²) in [5, 5.41) is 2.27. The van der Waals surface area contributed by atoms with Crippen LogP contribution in [0.25, 0.3) is 0 Å². The summed E-state index contributed by atoms with van der Waals surface area (Å²) in [5.41, 5.74) is 14.5. The Kier molecular flexibility index (Phi) is 5.39. The van der Waals surface area contributed by atoms with Crippen LogP contribution >= 0.6 is 0 Å². The Balaban J connectivity index is 0.00000192. The normalized spacial score (nSPS) is 19.7. The fraction of sp³-hybridized carbons (Fsp3) is 0.389. The van der Waals surface area contributed by atoms with Crippen molar-refractivity contribution in [2.45, 2.75) is 39.2 Å². The largest absolute Gasteiger partial charge is 1.00 e. The number of halogens is 1. The van der Waals surface area contributed by atoms with E-state index in [1.54, 1.807) is 0 Å². The lowest BCUT2D eigenvalue weighted by Crippen LogP contribution is -3.00. The summed E-state index contributed by atoms with van der Waals surface area (Å²) in [7, 11) is 1.98. The molecule has 124 valence electrons. The van der Waals surface area contributed by atoms with E-state index in [0.717, 1.165) is 23.6 Å². The second-order valence-electron chi connectivity index (χ2n) is 6.40. The molecule has 1 aromatic carbocycles. The van der Waals surface area contributed by atoms with Gasteiger partial charge in [-0.1, -0.05) is 25.1 Å². The molecule has 0 bridgehead atoms. The molecule has 1 aliphatic heterocycles. The summed E-state index contributed by atoms with van der Waals surface area (Å²) in [6.45, 7) is 6.63. The molecule has 0 amide bonds. The molecular formula is C18H25IN4. The first-order chi connectivity index (χ1) is 10.5. The molecule has 0 fully saturated rings. The highest BCUT2D eigenvalue weighted by Gasteiger charge is 2.27. The first kappa shape index (κ1) is 17.8. The topological polar surface area (TPSA) is 45.2 Å². The number of para-hydroxylation sites is 1. The Morgan fingerprint density at radius 3 is 2.61 bits per heavy atom. The summed E-state index contributed by atoms with van der Waals surface area (Å²) in [5.74, 6) is 1.35. The van der Waals surface area contributed by atoms with Crippen LogP contribution in [-0.2, 0) is 7.05 Å². The van der Waals surface area contributed by atoms with Gasteiger partial charge in [0, 0.05) is 12.1 Å². The molecular weight excluding hydrogens is 399 g/mol. The van der Waals surface area contributed by atoms with Gasteiger partial charge in [-0.15, -0.1) is 0 Å². The van der Waals surface area contributed by atoms with E-state index >= 15 is 0 Å². The third-order valence-corrected chi connectivity index (χ3v) is 4.70. The molecule has 3 N–H and O–H groups in total. The number of rotatable bonds is 2. The van der Waals surface area contributed by atoms with Crippen LogP contribution in [0.5, 0.6) is 0 Å². The number of hydrogen-bond donors (Lipinski definition) is 2. The highest BCUT2D eigenvalue weighted by atomic mass is 127.